The van der Waals surface area contributed by atoms with Gasteiger partial charge in [-0.3, -0.25) is 4.79 Å². The van der Waals surface area contributed by atoms with Crippen LogP contribution in [-0.4, -0.2) is 35.4 Å². The van der Waals surface area contributed by atoms with Crippen LogP contribution in [0, 0.1) is 0 Å². The summed E-state index contributed by atoms with van der Waals surface area (Å²) in [6.07, 6.45) is 5.39. The molecule has 0 aliphatic heterocycles. The molecule has 1 amide bonds. The minimum absolute atomic E-state index is 0.0556. The van der Waals surface area contributed by atoms with Crippen LogP contribution in [0.4, 0.5) is 5.69 Å². The van der Waals surface area contributed by atoms with Gasteiger partial charge in [-0.15, -0.1) is 0 Å². The van der Waals surface area contributed by atoms with E-state index >= 15 is 0 Å². The monoisotopic (exact) mass is 305 g/mol. The van der Waals surface area contributed by atoms with E-state index in [4.69, 9.17) is 18.0 Å². The Morgan fingerprint density at radius 2 is 2.05 bits per heavy atom. The summed E-state index contributed by atoms with van der Waals surface area (Å²) in [6.45, 7) is 0.985. The average molecular weight is 305 g/mol. The fourth-order valence-electron chi connectivity index (χ4n) is 2.44. The number of benzene rings is 1. The van der Waals surface area contributed by atoms with Crippen LogP contribution in [0.2, 0.25) is 0 Å². The lowest BCUT2D eigenvalue weighted by atomic mass is 9.92. The zero-order valence-electron chi connectivity index (χ0n) is 12.5. The third kappa shape index (κ3) is 4.79. The van der Waals surface area contributed by atoms with Gasteiger partial charge in [0, 0.05) is 23.7 Å². The molecule has 114 valence electrons. The number of nitrogens with zero attached hydrogens (tertiary/aromatic N) is 1. The first-order chi connectivity index (χ1) is 10.1. The minimum atomic E-state index is 0.0556. The van der Waals surface area contributed by atoms with E-state index in [0.29, 0.717) is 11.4 Å². The van der Waals surface area contributed by atoms with Gasteiger partial charge in [-0.1, -0.05) is 18.6 Å². The van der Waals surface area contributed by atoms with Crippen molar-refractivity contribution in [3.63, 3.8) is 0 Å². The number of hydrogen-bond donors (Lipinski definition) is 2. The second-order valence-corrected chi connectivity index (χ2v) is 6.10. The molecule has 1 aromatic carbocycles. The normalized spacial score (nSPS) is 14.8. The molecule has 2 rings (SSSR count). The summed E-state index contributed by atoms with van der Waals surface area (Å²) in [5, 5.41) is 2.90. The third-order valence-corrected chi connectivity index (χ3v) is 4.30. The number of rotatable bonds is 7. The fraction of sp³-hybridized carbons (Fsp3) is 0.500. The van der Waals surface area contributed by atoms with Crippen molar-refractivity contribution in [2.24, 2.45) is 5.73 Å². The summed E-state index contributed by atoms with van der Waals surface area (Å²) < 4.78 is 0. The lowest BCUT2D eigenvalue weighted by molar-refractivity contribution is -0.116. The van der Waals surface area contributed by atoms with E-state index in [2.05, 4.69) is 17.3 Å². The van der Waals surface area contributed by atoms with Crippen LogP contribution in [0.5, 0.6) is 0 Å². The van der Waals surface area contributed by atoms with E-state index in [1.165, 1.54) is 19.3 Å². The zero-order valence-corrected chi connectivity index (χ0v) is 13.3. The number of carbonyl (C=O) groups excluding carboxylic acids is 1. The molecule has 21 heavy (non-hydrogen) atoms. The van der Waals surface area contributed by atoms with Crippen LogP contribution in [0.25, 0.3) is 0 Å². The summed E-state index contributed by atoms with van der Waals surface area (Å²) in [5.41, 5.74) is 7.13. The molecule has 4 nitrogen and oxygen atoms in total. The average Bonchev–Trinajstić information content (AvgIpc) is 2.37. The molecular formula is C16H23N3OS. The van der Waals surface area contributed by atoms with Crippen LogP contribution >= 0.6 is 12.2 Å². The Kier molecular flexibility index (Phi) is 5.70. The molecule has 1 aliphatic rings. The van der Waals surface area contributed by atoms with Gasteiger partial charge in [-0.2, -0.15) is 0 Å². The number of hydrogen-bond acceptors (Lipinski definition) is 3. The summed E-state index contributed by atoms with van der Waals surface area (Å²) >= 11 is 4.90. The van der Waals surface area contributed by atoms with Gasteiger partial charge in [-0.05, 0) is 57.1 Å². The van der Waals surface area contributed by atoms with E-state index in [-0.39, 0.29) is 5.91 Å². The summed E-state index contributed by atoms with van der Waals surface area (Å²) in [6, 6.07) is 8.03. The largest absolute Gasteiger partial charge is 0.389 e. The number of thiocarbonyl (C=S) groups is 1. The molecule has 0 radical (unpaired) electrons. The van der Waals surface area contributed by atoms with Crippen molar-refractivity contribution in [2.75, 3.05) is 18.9 Å². The van der Waals surface area contributed by atoms with Crippen molar-refractivity contribution < 1.29 is 4.79 Å². The highest BCUT2D eigenvalue weighted by atomic mass is 32.1. The lowest BCUT2D eigenvalue weighted by Crippen LogP contribution is -2.37. The molecule has 0 aromatic heterocycles. The van der Waals surface area contributed by atoms with Crippen molar-refractivity contribution in [1.82, 2.24) is 4.90 Å². The maximum Gasteiger partial charge on any atom is 0.224 e. The highest BCUT2D eigenvalue weighted by molar-refractivity contribution is 7.80. The zero-order chi connectivity index (χ0) is 15.2. The first-order valence-corrected chi connectivity index (χ1v) is 7.87. The van der Waals surface area contributed by atoms with Gasteiger partial charge in [0.25, 0.3) is 0 Å². The molecule has 0 saturated heterocycles. The second-order valence-electron chi connectivity index (χ2n) is 5.66. The van der Waals surface area contributed by atoms with Gasteiger partial charge >= 0.3 is 0 Å². The molecule has 1 fully saturated rings. The Labute approximate surface area is 131 Å². The molecule has 5 heteroatoms. The SMILES string of the molecule is CN(CCCC(=O)Nc1ccc(C(N)=S)cc1)C1CCC1. The number of carbonyl (C=O) groups is 1. The molecule has 0 atom stereocenters. The summed E-state index contributed by atoms with van der Waals surface area (Å²) in [4.78, 5) is 14.6. The van der Waals surface area contributed by atoms with E-state index < -0.39 is 0 Å². The Hall–Kier alpha value is -1.46. The van der Waals surface area contributed by atoms with E-state index in [0.717, 1.165) is 30.3 Å². The first kappa shape index (κ1) is 15.9. The standard InChI is InChI=1S/C16H23N3OS/c1-19(14-4-2-5-14)11-3-6-15(20)18-13-9-7-12(8-10-13)16(17)21/h7-10,14H,2-6,11H2,1H3,(H2,17,21)(H,18,20). The van der Waals surface area contributed by atoms with Crippen molar-refractivity contribution in [2.45, 2.75) is 38.1 Å². The molecule has 0 heterocycles. The predicted molar refractivity (Wildman–Crippen MR) is 90.5 cm³/mol. The molecule has 0 spiro atoms. The van der Waals surface area contributed by atoms with Gasteiger partial charge in [0.1, 0.15) is 4.99 Å². The number of anilines is 1. The fourth-order valence-corrected chi connectivity index (χ4v) is 2.58. The first-order valence-electron chi connectivity index (χ1n) is 7.46. The van der Waals surface area contributed by atoms with Gasteiger partial charge in [0.15, 0.2) is 0 Å². The summed E-state index contributed by atoms with van der Waals surface area (Å²) in [5.74, 6) is 0.0556. The molecule has 0 unspecified atom stereocenters. The van der Waals surface area contributed by atoms with Crippen molar-refractivity contribution in [3.8, 4) is 0 Å². The van der Waals surface area contributed by atoms with Gasteiger partial charge < -0.3 is 16.0 Å². The maximum atomic E-state index is 11.9. The molecule has 0 bridgehead atoms. The van der Waals surface area contributed by atoms with E-state index in [1.54, 1.807) is 0 Å². The third-order valence-electron chi connectivity index (χ3n) is 4.07. The van der Waals surface area contributed by atoms with Crippen LogP contribution < -0.4 is 11.1 Å². The van der Waals surface area contributed by atoms with Gasteiger partial charge in [0.05, 0.1) is 0 Å². The lowest BCUT2D eigenvalue weighted by Gasteiger charge is -2.34. The second kappa shape index (κ2) is 7.52. The Morgan fingerprint density at radius 1 is 1.38 bits per heavy atom. The van der Waals surface area contributed by atoms with E-state index in [9.17, 15) is 4.79 Å². The number of nitrogens with two attached hydrogens (primary N) is 1. The van der Waals surface area contributed by atoms with Crippen LogP contribution in [-0.2, 0) is 4.79 Å². The van der Waals surface area contributed by atoms with Crippen LogP contribution in [0.3, 0.4) is 0 Å². The van der Waals surface area contributed by atoms with Gasteiger partial charge in [0.2, 0.25) is 5.91 Å². The highest BCUT2D eigenvalue weighted by Gasteiger charge is 2.21. The Bertz CT molecular complexity index is 497. The maximum absolute atomic E-state index is 11.9. The Balaban J connectivity index is 1.70. The van der Waals surface area contributed by atoms with Crippen molar-refractivity contribution in [1.29, 1.82) is 0 Å². The molecule has 1 aliphatic carbocycles. The highest BCUT2D eigenvalue weighted by Crippen LogP contribution is 2.23. The molecule has 1 saturated carbocycles. The van der Waals surface area contributed by atoms with Crippen molar-refractivity contribution >= 4 is 28.8 Å². The molecular weight excluding hydrogens is 282 g/mol. The molecule has 3 N–H and O–H groups in total. The van der Waals surface area contributed by atoms with Crippen LogP contribution in [0.1, 0.15) is 37.7 Å². The predicted octanol–water partition coefficient (Wildman–Crippen LogP) is 2.52. The van der Waals surface area contributed by atoms with Crippen molar-refractivity contribution in [3.05, 3.63) is 29.8 Å². The van der Waals surface area contributed by atoms with Crippen LogP contribution in [0.15, 0.2) is 24.3 Å². The molecule has 1 aromatic rings. The number of amides is 1. The number of nitrogens with one attached hydrogen (secondary N) is 1. The minimum Gasteiger partial charge on any atom is -0.389 e. The Morgan fingerprint density at radius 3 is 2.57 bits per heavy atom. The van der Waals surface area contributed by atoms with E-state index in [1.807, 2.05) is 24.3 Å². The summed E-state index contributed by atoms with van der Waals surface area (Å²) in [7, 11) is 2.15. The van der Waals surface area contributed by atoms with Gasteiger partial charge in [-0.25, -0.2) is 0 Å². The topological polar surface area (TPSA) is 58.4 Å². The quantitative estimate of drug-likeness (QED) is 0.760. The smallest absolute Gasteiger partial charge is 0.224 e.